The van der Waals surface area contributed by atoms with Gasteiger partial charge < -0.3 is 9.29 Å². The van der Waals surface area contributed by atoms with Crippen LogP contribution < -0.4 is 4.74 Å². The molecule has 0 aliphatic heterocycles. The number of nitrogens with zero attached hydrogens (tertiary/aromatic N) is 1. The van der Waals surface area contributed by atoms with E-state index in [9.17, 15) is 8.76 Å². The lowest BCUT2D eigenvalue weighted by Crippen LogP contribution is -1.99. The van der Waals surface area contributed by atoms with Crippen molar-refractivity contribution in [3.8, 4) is 5.75 Å². The van der Waals surface area contributed by atoms with Crippen molar-refractivity contribution in [3.63, 3.8) is 0 Å². The zero-order valence-electron chi connectivity index (χ0n) is 14.1. The largest absolute Gasteiger partial charge is 0.768 e. The van der Waals surface area contributed by atoms with Crippen LogP contribution in [0.4, 0.5) is 0 Å². The zero-order chi connectivity index (χ0) is 18.1. The molecule has 0 aliphatic rings. The van der Waals surface area contributed by atoms with Crippen LogP contribution in [0.3, 0.4) is 0 Å². The van der Waals surface area contributed by atoms with E-state index >= 15 is 0 Å². The fourth-order valence-corrected chi connectivity index (χ4v) is 3.70. The maximum atomic E-state index is 11.3. The highest BCUT2D eigenvalue weighted by atomic mass is 32.2. The van der Waals surface area contributed by atoms with Gasteiger partial charge in [-0.05, 0) is 65.2 Å². The van der Waals surface area contributed by atoms with Gasteiger partial charge in [0.15, 0.2) is 0 Å². The fourth-order valence-electron chi connectivity index (χ4n) is 3.14. The van der Waals surface area contributed by atoms with E-state index in [2.05, 4.69) is 4.98 Å². The number of rotatable bonds is 4. The molecule has 0 saturated carbocycles. The Morgan fingerprint density at radius 3 is 2.69 bits per heavy atom. The maximum absolute atomic E-state index is 11.3. The first kappa shape index (κ1) is 16.7. The average Bonchev–Trinajstić information content (AvgIpc) is 2.65. The van der Waals surface area contributed by atoms with Crippen LogP contribution in [0.1, 0.15) is 11.3 Å². The molecular weight excluding hydrogens is 346 g/mol. The summed E-state index contributed by atoms with van der Waals surface area (Å²) in [7, 11) is 0. The normalized spacial score (nSPS) is 12.4. The average molecular weight is 362 g/mol. The Morgan fingerprint density at radius 1 is 1.00 bits per heavy atom. The Morgan fingerprint density at radius 2 is 1.85 bits per heavy atom. The Kier molecular flexibility index (Phi) is 4.41. The second-order valence-corrected chi connectivity index (χ2v) is 7.01. The minimum atomic E-state index is -2.26. The molecule has 4 nitrogen and oxygen atoms in total. The molecule has 5 heteroatoms. The summed E-state index contributed by atoms with van der Waals surface area (Å²) in [6, 6.07) is 20.7. The second kappa shape index (κ2) is 6.86. The van der Waals surface area contributed by atoms with E-state index in [1.165, 1.54) is 0 Å². The molecule has 0 fully saturated rings. The molecule has 0 N–H and O–H groups in total. The van der Waals surface area contributed by atoms with Crippen LogP contribution in [0.5, 0.6) is 5.75 Å². The summed E-state index contributed by atoms with van der Waals surface area (Å²) in [4.78, 5) is 4.84. The SMILES string of the molecule is Cc1cc(COc2ccc3c(S(=O)[O-])cccc3c2)c2ccccc2n1. The quantitative estimate of drug-likeness (QED) is 0.501. The fraction of sp³-hybridized carbons (Fsp3) is 0.0952. The molecular formula is C21H16NO3S-. The third-order valence-corrected chi connectivity index (χ3v) is 5.03. The van der Waals surface area contributed by atoms with E-state index in [1.54, 1.807) is 24.3 Å². The van der Waals surface area contributed by atoms with E-state index in [4.69, 9.17) is 4.74 Å². The standard InChI is InChI=1S/C21H17NO3S/c1-14-11-16(18-6-2-3-7-20(18)22-14)13-25-17-9-10-19-15(12-17)5-4-8-21(19)26(23)24/h2-12H,13H2,1H3,(H,23,24)/p-1. The molecule has 0 amide bonds. The third kappa shape index (κ3) is 3.19. The van der Waals surface area contributed by atoms with Gasteiger partial charge in [0, 0.05) is 21.5 Å². The predicted molar refractivity (Wildman–Crippen MR) is 102 cm³/mol. The van der Waals surface area contributed by atoms with Crippen LogP contribution >= 0.6 is 0 Å². The minimum Gasteiger partial charge on any atom is -0.768 e. The number of ether oxygens (including phenoxy) is 1. The van der Waals surface area contributed by atoms with Gasteiger partial charge in [0.1, 0.15) is 12.4 Å². The molecule has 1 atom stereocenters. The summed E-state index contributed by atoms with van der Waals surface area (Å²) < 4.78 is 28.6. The number of hydrogen-bond donors (Lipinski definition) is 0. The van der Waals surface area contributed by atoms with Gasteiger partial charge in [0.05, 0.1) is 5.52 Å². The van der Waals surface area contributed by atoms with Crippen LogP contribution in [0.15, 0.2) is 71.6 Å². The van der Waals surface area contributed by atoms with Gasteiger partial charge in [-0.3, -0.25) is 9.19 Å². The Balaban J connectivity index is 1.66. The molecule has 0 saturated heterocycles. The van der Waals surface area contributed by atoms with Crippen LogP contribution in [0, 0.1) is 6.92 Å². The highest BCUT2D eigenvalue weighted by molar-refractivity contribution is 7.79. The maximum Gasteiger partial charge on any atom is 0.120 e. The van der Waals surface area contributed by atoms with Gasteiger partial charge in [-0.2, -0.15) is 0 Å². The molecule has 4 aromatic rings. The molecule has 1 aromatic heterocycles. The number of aromatic nitrogens is 1. The molecule has 3 aromatic carbocycles. The summed E-state index contributed by atoms with van der Waals surface area (Å²) in [6.45, 7) is 2.39. The summed E-state index contributed by atoms with van der Waals surface area (Å²) in [5.41, 5.74) is 2.97. The van der Waals surface area contributed by atoms with Crippen LogP contribution in [-0.4, -0.2) is 13.7 Å². The van der Waals surface area contributed by atoms with Crippen molar-refractivity contribution in [1.29, 1.82) is 0 Å². The van der Waals surface area contributed by atoms with Gasteiger partial charge in [0.25, 0.3) is 0 Å². The van der Waals surface area contributed by atoms with Crippen molar-refractivity contribution in [2.45, 2.75) is 18.4 Å². The summed E-state index contributed by atoms with van der Waals surface area (Å²) in [5, 5.41) is 2.60. The van der Waals surface area contributed by atoms with E-state index in [0.29, 0.717) is 22.6 Å². The number of pyridine rings is 1. The lowest BCUT2D eigenvalue weighted by atomic mass is 10.1. The van der Waals surface area contributed by atoms with Crippen molar-refractivity contribution >= 4 is 32.8 Å². The summed E-state index contributed by atoms with van der Waals surface area (Å²) in [5.74, 6) is 0.699. The smallest absolute Gasteiger partial charge is 0.120 e. The zero-order valence-corrected chi connectivity index (χ0v) is 15.0. The van der Waals surface area contributed by atoms with Crippen molar-refractivity contribution in [1.82, 2.24) is 4.98 Å². The van der Waals surface area contributed by atoms with Crippen LogP contribution in [-0.2, 0) is 17.7 Å². The van der Waals surface area contributed by atoms with Crippen molar-refractivity contribution < 1.29 is 13.5 Å². The Hall–Kier alpha value is -2.76. The first-order valence-electron chi connectivity index (χ1n) is 8.22. The van der Waals surface area contributed by atoms with Gasteiger partial charge in [-0.1, -0.05) is 30.3 Å². The first-order chi connectivity index (χ1) is 12.6. The minimum absolute atomic E-state index is 0.296. The van der Waals surface area contributed by atoms with E-state index in [0.717, 1.165) is 27.5 Å². The van der Waals surface area contributed by atoms with Crippen LogP contribution in [0.2, 0.25) is 0 Å². The number of aryl methyl sites for hydroxylation is 1. The molecule has 4 rings (SSSR count). The molecule has 26 heavy (non-hydrogen) atoms. The van der Waals surface area contributed by atoms with E-state index in [1.807, 2.05) is 49.4 Å². The topological polar surface area (TPSA) is 62.2 Å². The number of benzene rings is 3. The van der Waals surface area contributed by atoms with Gasteiger partial charge in [-0.15, -0.1) is 0 Å². The number of para-hydroxylation sites is 1. The van der Waals surface area contributed by atoms with Gasteiger partial charge in [-0.25, -0.2) is 0 Å². The monoisotopic (exact) mass is 362 g/mol. The van der Waals surface area contributed by atoms with Gasteiger partial charge in [0.2, 0.25) is 0 Å². The molecule has 130 valence electrons. The molecule has 0 spiro atoms. The van der Waals surface area contributed by atoms with E-state index < -0.39 is 11.1 Å². The summed E-state index contributed by atoms with van der Waals surface area (Å²) >= 11 is -2.26. The lowest BCUT2D eigenvalue weighted by Gasteiger charge is -2.12. The molecule has 1 heterocycles. The third-order valence-electron chi connectivity index (χ3n) is 4.32. The van der Waals surface area contributed by atoms with Crippen molar-refractivity contribution in [3.05, 3.63) is 78.0 Å². The summed E-state index contributed by atoms with van der Waals surface area (Å²) in [6.07, 6.45) is 0. The first-order valence-corrected chi connectivity index (χ1v) is 9.29. The molecule has 0 radical (unpaired) electrons. The highest BCUT2D eigenvalue weighted by Crippen LogP contribution is 2.27. The molecule has 0 aliphatic carbocycles. The highest BCUT2D eigenvalue weighted by Gasteiger charge is 2.06. The number of fused-ring (bicyclic) bond motifs is 2. The van der Waals surface area contributed by atoms with Gasteiger partial charge >= 0.3 is 0 Å². The van der Waals surface area contributed by atoms with Crippen LogP contribution in [0.25, 0.3) is 21.7 Å². The number of hydrogen-bond acceptors (Lipinski definition) is 4. The predicted octanol–water partition coefficient (Wildman–Crippen LogP) is 4.51. The Labute approximate surface area is 153 Å². The van der Waals surface area contributed by atoms with Crippen molar-refractivity contribution in [2.75, 3.05) is 0 Å². The lowest BCUT2D eigenvalue weighted by molar-refractivity contribution is 0.308. The molecule has 1 unspecified atom stereocenters. The second-order valence-electron chi connectivity index (χ2n) is 6.10. The molecule has 0 bridgehead atoms. The Bertz CT molecular complexity index is 1140. The van der Waals surface area contributed by atoms with E-state index in [-0.39, 0.29) is 0 Å². The van der Waals surface area contributed by atoms with Crippen molar-refractivity contribution in [2.24, 2.45) is 0 Å².